The number of benzene rings is 1. The molecular formula is C26H34F2N6O. The topological polar surface area (TPSA) is 81.2 Å². The molecule has 0 radical (unpaired) electrons. The van der Waals surface area contributed by atoms with E-state index in [1.807, 2.05) is 19.1 Å². The number of nitrogens with zero attached hydrogens (tertiary/aromatic N) is 4. The predicted molar refractivity (Wildman–Crippen MR) is 133 cm³/mol. The van der Waals surface area contributed by atoms with E-state index >= 15 is 4.39 Å². The van der Waals surface area contributed by atoms with Crippen LogP contribution in [0.3, 0.4) is 0 Å². The number of nitrogens with one attached hydrogen (secondary N) is 1. The minimum absolute atomic E-state index is 0.116. The van der Waals surface area contributed by atoms with Crippen LogP contribution in [-0.2, 0) is 6.54 Å². The van der Waals surface area contributed by atoms with Gasteiger partial charge in [0.05, 0.1) is 17.6 Å². The molecular weight excluding hydrogens is 450 g/mol. The second kappa shape index (κ2) is 10.1. The van der Waals surface area contributed by atoms with Gasteiger partial charge in [0.1, 0.15) is 17.3 Å². The molecule has 2 atom stereocenters. The fraction of sp³-hybridized carbons (Fsp3) is 0.538. The minimum Gasteiger partial charge on any atom is -0.465 e. The summed E-state index contributed by atoms with van der Waals surface area (Å²) in [6.45, 7) is 5.30. The van der Waals surface area contributed by atoms with E-state index in [-0.39, 0.29) is 17.9 Å². The summed E-state index contributed by atoms with van der Waals surface area (Å²) < 4.78 is 37.8. The molecule has 2 aliphatic heterocycles. The number of nitrogens with two attached hydrogens (primary N) is 1. The Labute approximate surface area is 204 Å². The maximum atomic E-state index is 16.2. The van der Waals surface area contributed by atoms with Gasteiger partial charge in [-0.15, -0.1) is 0 Å². The largest absolute Gasteiger partial charge is 0.465 e. The number of aromatic nitrogens is 3. The lowest BCUT2D eigenvalue weighted by molar-refractivity contribution is 0.0204. The third-order valence-corrected chi connectivity index (χ3v) is 7.48. The van der Waals surface area contributed by atoms with E-state index < -0.39 is 5.67 Å². The molecule has 4 heterocycles. The van der Waals surface area contributed by atoms with Gasteiger partial charge in [-0.1, -0.05) is 0 Å². The van der Waals surface area contributed by atoms with E-state index in [4.69, 9.17) is 10.5 Å². The maximum Gasteiger partial charge on any atom is 0.297 e. The Balaban J connectivity index is 1.25. The molecule has 0 aliphatic carbocycles. The zero-order chi connectivity index (χ0) is 24.4. The molecule has 188 valence electrons. The molecule has 35 heavy (non-hydrogen) atoms. The first-order valence-corrected chi connectivity index (χ1v) is 12.6. The predicted octanol–water partition coefficient (Wildman–Crippen LogP) is 4.24. The molecule has 5 rings (SSSR count). The number of pyridine rings is 1. The monoisotopic (exact) mass is 484 g/mol. The van der Waals surface area contributed by atoms with E-state index in [1.54, 1.807) is 12.3 Å². The zero-order valence-corrected chi connectivity index (χ0v) is 20.2. The number of halogens is 2. The van der Waals surface area contributed by atoms with Gasteiger partial charge in [0.2, 0.25) is 0 Å². The van der Waals surface area contributed by atoms with Crippen LogP contribution in [0.5, 0.6) is 6.01 Å². The molecule has 3 aromatic rings. The van der Waals surface area contributed by atoms with Gasteiger partial charge in [0.25, 0.3) is 6.01 Å². The third-order valence-electron chi connectivity index (χ3n) is 7.48. The summed E-state index contributed by atoms with van der Waals surface area (Å²) in [7, 11) is 0. The number of hydrogen-bond donors (Lipinski definition) is 2. The van der Waals surface area contributed by atoms with Crippen molar-refractivity contribution >= 4 is 16.9 Å². The first-order valence-electron chi connectivity index (χ1n) is 12.6. The summed E-state index contributed by atoms with van der Waals surface area (Å²) in [5, 5.41) is 3.51. The molecule has 0 bridgehead atoms. The van der Waals surface area contributed by atoms with Crippen LogP contribution in [0.1, 0.15) is 50.6 Å². The summed E-state index contributed by atoms with van der Waals surface area (Å²) in [5.41, 5.74) is 7.13. The van der Waals surface area contributed by atoms with Crippen molar-refractivity contribution < 1.29 is 13.5 Å². The Morgan fingerprint density at radius 1 is 1.17 bits per heavy atom. The highest BCUT2D eigenvalue weighted by Crippen LogP contribution is 2.38. The number of alkyl halides is 1. The lowest BCUT2D eigenvalue weighted by Gasteiger charge is -2.41. The number of anilines is 1. The second-order valence-corrected chi connectivity index (χ2v) is 9.76. The number of nitrogen functional groups attached to an aromatic ring is 1. The molecule has 2 aliphatic rings. The number of ether oxygens (including phenoxy) is 1. The van der Waals surface area contributed by atoms with Crippen molar-refractivity contribution in [3.63, 3.8) is 0 Å². The molecule has 3 N–H and O–H groups in total. The Morgan fingerprint density at radius 2 is 2.00 bits per heavy atom. The summed E-state index contributed by atoms with van der Waals surface area (Å²) >= 11 is 0. The Hall–Kier alpha value is -2.78. The lowest BCUT2D eigenvalue weighted by atomic mass is 9.83. The van der Waals surface area contributed by atoms with Crippen LogP contribution in [0.4, 0.5) is 14.6 Å². The van der Waals surface area contributed by atoms with Gasteiger partial charge in [0.15, 0.2) is 0 Å². The summed E-state index contributed by atoms with van der Waals surface area (Å²) in [6.07, 6.45) is 5.11. The standard InChI is InChI=1S/C26H34F2N6O/c1-2-35-25-32-21-16-19(27)3-5-22(21)34(25)20-4-6-23(30-12-8-20)26(28)9-13-33(14-10-26)17-18-7-11-31-24(29)15-18/h3,5,7,11,15-16,20,23,30H,2,4,6,8-10,12-14,17H2,1H3,(H2,29,31). The van der Waals surface area contributed by atoms with Crippen LogP contribution < -0.4 is 15.8 Å². The molecule has 0 amide bonds. The number of imidazole rings is 1. The van der Waals surface area contributed by atoms with Gasteiger partial charge in [-0.3, -0.25) is 9.47 Å². The summed E-state index contributed by atoms with van der Waals surface area (Å²) in [6, 6.07) is 8.95. The second-order valence-electron chi connectivity index (χ2n) is 9.76. The van der Waals surface area contributed by atoms with Crippen LogP contribution in [0, 0.1) is 5.82 Å². The van der Waals surface area contributed by atoms with E-state index in [0.29, 0.717) is 56.4 Å². The minimum atomic E-state index is -1.23. The van der Waals surface area contributed by atoms with Crippen molar-refractivity contribution in [3.8, 4) is 6.01 Å². The van der Waals surface area contributed by atoms with Crippen LogP contribution >= 0.6 is 0 Å². The number of likely N-dealkylation sites (tertiary alicyclic amines) is 1. The summed E-state index contributed by atoms with van der Waals surface area (Å²) in [5.74, 6) is 0.200. The van der Waals surface area contributed by atoms with E-state index in [2.05, 4.69) is 24.8 Å². The first kappa shape index (κ1) is 23.9. The summed E-state index contributed by atoms with van der Waals surface area (Å²) in [4.78, 5) is 10.9. The van der Waals surface area contributed by atoms with E-state index in [1.165, 1.54) is 12.1 Å². The molecule has 2 unspecified atom stereocenters. The Kier molecular flexibility index (Phi) is 6.88. The van der Waals surface area contributed by atoms with Gasteiger partial charge < -0.3 is 15.8 Å². The van der Waals surface area contributed by atoms with Gasteiger partial charge >= 0.3 is 0 Å². The van der Waals surface area contributed by atoms with Crippen LogP contribution in [0.15, 0.2) is 36.5 Å². The number of fused-ring (bicyclic) bond motifs is 1. The van der Waals surface area contributed by atoms with E-state index in [0.717, 1.165) is 36.9 Å². The number of piperidine rings is 1. The van der Waals surface area contributed by atoms with E-state index in [9.17, 15) is 4.39 Å². The SMILES string of the molecule is CCOc1nc2cc(F)ccc2n1C1CCNC(C2(F)CCN(Cc3ccnc(N)c3)CC2)CC1. The highest BCUT2D eigenvalue weighted by molar-refractivity contribution is 5.77. The van der Waals surface area contributed by atoms with Crippen molar-refractivity contribution in [2.75, 3.05) is 32.0 Å². The molecule has 0 spiro atoms. The van der Waals surface area contributed by atoms with Gasteiger partial charge in [-0.25, -0.2) is 13.8 Å². The fourth-order valence-corrected chi connectivity index (χ4v) is 5.65. The average Bonchev–Trinajstić information content (AvgIpc) is 3.00. The van der Waals surface area contributed by atoms with Crippen molar-refractivity contribution in [2.24, 2.45) is 0 Å². The Bertz CT molecular complexity index is 1160. The third kappa shape index (κ3) is 5.11. The number of hydrogen-bond acceptors (Lipinski definition) is 6. The van der Waals surface area contributed by atoms with Gasteiger partial charge in [0, 0.05) is 44.0 Å². The van der Waals surface area contributed by atoms with Crippen LogP contribution in [0.2, 0.25) is 0 Å². The van der Waals surface area contributed by atoms with Crippen molar-refractivity contribution in [2.45, 2.75) is 63.3 Å². The van der Waals surface area contributed by atoms with Crippen LogP contribution in [-0.4, -0.2) is 57.4 Å². The average molecular weight is 485 g/mol. The molecule has 7 nitrogen and oxygen atoms in total. The quantitative estimate of drug-likeness (QED) is 0.545. The molecule has 9 heteroatoms. The zero-order valence-electron chi connectivity index (χ0n) is 20.2. The highest BCUT2D eigenvalue weighted by Gasteiger charge is 2.42. The van der Waals surface area contributed by atoms with Crippen molar-refractivity contribution in [1.29, 1.82) is 0 Å². The molecule has 0 saturated carbocycles. The molecule has 1 aromatic carbocycles. The van der Waals surface area contributed by atoms with Crippen molar-refractivity contribution in [3.05, 3.63) is 47.9 Å². The first-order chi connectivity index (χ1) is 16.9. The normalized spacial score (nSPS) is 23.3. The smallest absolute Gasteiger partial charge is 0.297 e. The number of rotatable bonds is 6. The highest BCUT2D eigenvalue weighted by atomic mass is 19.1. The van der Waals surface area contributed by atoms with Gasteiger partial charge in [-0.2, -0.15) is 4.98 Å². The molecule has 2 aromatic heterocycles. The van der Waals surface area contributed by atoms with Crippen LogP contribution in [0.25, 0.3) is 11.0 Å². The maximum absolute atomic E-state index is 16.2. The molecule has 2 saturated heterocycles. The van der Waals surface area contributed by atoms with Gasteiger partial charge in [-0.05, 0) is 75.4 Å². The van der Waals surface area contributed by atoms with Crippen molar-refractivity contribution in [1.82, 2.24) is 24.8 Å². The fourth-order valence-electron chi connectivity index (χ4n) is 5.65. The Morgan fingerprint density at radius 3 is 2.77 bits per heavy atom. The lowest BCUT2D eigenvalue weighted by Crippen LogP contribution is -2.53. The molecule has 2 fully saturated rings.